The Bertz CT molecular complexity index is 550. The highest BCUT2D eigenvalue weighted by Crippen LogP contribution is 2.25. The van der Waals surface area contributed by atoms with Gasteiger partial charge >= 0.3 is 5.97 Å². The number of rotatable bonds is 9. The molecule has 0 spiro atoms. The molecule has 0 aromatic heterocycles. The Morgan fingerprint density at radius 2 is 1.80 bits per heavy atom. The number of hydrogen-bond donors (Lipinski definition) is 0. The number of carbonyl (C=O) groups excluding carboxylic acids is 2. The van der Waals surface area contributed by atoms with E-state index >= 15 is 0 Å². The number of aldehydes is 1. The lowest BCUT2D eigenvalue weighted by Crippen LogP contribution is -2.55. The van der Waals surface area contributed by atoms with Gasteiger partial charge in [-0.25, -0.2) is 4.79 Å². The van der Waals surface area contributed by atoms with Crippen molar-refractivity contribution in [2.24, 2.45) is 0 Å². The van der Waals surface area contributed by atoms with E-state index in [9.17, 15) is 9.59 Å². The van der Waals surface area contributed by atoms with Gasteiger partial charge in [0, 0.05) is 51.9 Å². The van der Waals surface area contributed by atoms with Gasteiger partial charge in [-0.3, -0.25) is 19.5 Å². The molecule has 0 amide bonds. The molecule has 9 nitrogen and oxygen atoms in total. The van der Waals surface area contributed by atoms with Crippen LogP contribution in [-0.4, -0.2) is 129 Å². The molecule has 0 bridgehead atoms. The van der Waals surface area contributed by atoms with Crippen LogP contribution >= 0.6 is 0 Å². The molecular formula is C21H38N4O5. The fourth-order valence-corrected chi connectivity index (χ4v) is 4.71. The molecule has 3 fully saturated rings. The van der Waals surface area contributed by atoms with Crippen molar-refractivity contribution in [2.75, 3.05) is 72.6 Å². The van der Waals surface area contributed by atoms with E-state index < -0.39 is 12.5 Å². The van der Waals surface area contributed by atoms with Gasteiger partial charge in [-0.15, -0.1) is 0 Å². The number of piperazine rings is 1. The van der Waals surface area contributed by atoms with Gasteiger partial charge in [0.25, 0.3) is 0 Å². The fourth-order valence-electron chi connectivity index (χ4n) is 4.71. The first kappa shape index (κ1) is 23.6. The molecule has 9 heteroatoms. The number of hydrogen-bond acceptors (Lipinski definition) is 9. The van der Waals surface area contributed by atoms with Crippen molar-refractivity contribution in [3.8, 4) is 0 Å². The van der Waals surface area contributed by atoms with E-state index in [0.29, 0.717) is 19.3 Å². The molecule has 172 valence electrons. The largest absolute Gasteiger partial charge is 0.463 e. The minimum absolute atomic E-state index is 0.0409. The first-order chi connectivity index (χ1) is 14.5. The Balaban J connectivity index is 1.47. The standard InChI is InChI=1S/C21H38N4O5/c1-4-28-20(21(27)29-5-2)24-12-10-23(11-13-24)14-18-15-25(19(16-26)30-18)17-6-8-22(3)9-7-17/h16-20H,4-15H2,1-3H3. The van der Waals surface area contributed by atoms with Crippen molar-refractivity contribution in [1.82, 2.24) is 19.6 Å². The van der Waals surface area contributed by atoms with E-state index in [1.807, 2.05) is 18.7 Å². The van der Waals surface area contributed by atoms with Crippen molar-refractivity contribution < 1.29 is 23.8 Å². The molecule has 30 heavy (non-hydrogen) atoms. The fraction of sp³-hybridized carbons (Fsp3) is 0.905. The zero-order valence-corrected chi connectivity index (χ0v) is 18.7. The van der Waals surface area contributed by atoms with Crippen LogP contribution in [-0.2, 0) is 23.8 Å². The second-order valence-electron chi connectivity index (χ2n) is 8.41. The van der Waals surface area contributed by atoms with Crippen molar-refractivity contribution in [2.45, 2.75) is 51.3 Å². The Hall–Kier alpha value is -1.10. The maximum absolute atomic E-state index is 12.2. The summed E-state index contributed by atoms with van der Waals surface area (Å²) in [5.74, 6) is -0.311. The summed E-state index contributed by atoms with van der Waals surface area (Å²) in [6.07, 6.45) is 2.11. The van der Waals surface area contributed by atoms with Crippen molar-refractivity contribution in [3.05, 3.63) is 0 Å². The zero-order chi connectivity index (χ0) is 21.5. The highest BCUT2D eigenvalue weighted by atomic mass is 16.6. The predicted octanol–water partition coefficient (Wildman–Crippen LogP) is -0.150. The molecule has 0 aromatic rings. The third kappa shape index (κ3) is 5.99. The zero-order valence-electron chi connectivity index (χ0n) is 18.7. The van der Waals surface area contributed by atoms with Crippen LogP contribution in [0.25, 0.3) is 0 Å². The lowest BCUT2D eigenvalue weighted by Gasteiger charge is -2.38. The molecule has 0 aliphatic carbocycles. The van der Waals surface area contributed by atoms with Crippen molar-refractivity contribution >= 4 is 12.3 Å². The van der Waals surface area contributed by atoms with Crippen LogP contribution in [0.15, 0.2) is 0 Å². The molecular weight excluding hydrogens is 388 g/mol. The van der Waals surface area contributed by atoms with Gasteiger partial charge < -0.3 is 19.1 Å². The molecule has 0 N–H and O–H groups in total. The molecule has 3 saturated heterocycles. The van der Waals surface area contributed by atoms with Gasteiger partial charge in [-0.2, -0.15) is 0 Å². The number of carbonyl (C=O) groups is 2. The summed E-state index contributed by atoms with van der Waals surface area (Å²) in [6, 6.07) is 0.426. The Labute approximate surface area is 180 Å². The lowest BCUT2D eigenvalue weighted by molar-refractivity contribution is -0.173. The second-order valence-corrected chi connectivity index (χ2v) is 8.41. The van der Waals surface area contributed by atoms with Crippen molar-refractivity contribution in [1.29, 1.82) is 0 Å². The third-order valence-electron chi connectivity index (χ3n) is 6.36. The predicted molar refractivity (Wildman–Crippen MR) is 112 cm³/mol. The first-order valence-electron chi connectivity index (χ1n) is 11.3. The van der Waals surface area contributed by atoms with Gasteiger partial charge in [0.2, 0.25) is 6.23 Å². The van der Waals surface area contributed by atoms with Crippen LogP contribution in [0.3, 0.4) is 0 Å². The van der Waals surface area contributed by atoms with Crippen LogP contribution in [0.1, 0.15) is 26.7 Å². The van der Waals surface area contributed by atoms with E-state index in [4.69, 9.17) is 14.2 Å². The average Bonchev–Trinajstić information content (AvgIpc) is 3.16. The Kier molecular flexibility index (Phi) is 9.03. The summed E-state index contributed by atoms with van der Waals surface area (Å²) in [7, 11) is 2.15. The molecule has 3 unspecified atom stereocenters. The van der Waals surface area contributed by atoms with Gasteiger partial charge in [0.05, 0.1) is 12.7 Å². The molecule has 3 rings (SSSR count). The van der Waals surface area contributed by atoms with Crippen LogP contribution in [0.5, 0.6) is 0 Å². The smallest absolute Gasteiger partial charge is 0.350 e. The normalized spacial score (nSPS) is 29.2. The maximum Gasteiger partial charge on any atom is 0.350 e. The average molecular weight is 427 g/mol. The highest BCUT2D eigenvalue weighted by Gasteiger charge is 2.39. The van der Waals surface area contributed by atoms with Crippen LogP contribution < -0.4 is 0 Å². The number of nitrogens with zero attached hydrogens (tertiary/aromatic N) is 4. The highest BCUT2D eigenvalue weighted by molar-refractivity contribution is 5.74. The Morgan fingerprint density at radius 3 is 2.40 bits per heavy atom. The third-order valence-corrected chi connectivity index (χ3v) is 6.36. The molecule has 0 radical (unpaired) electrons. The molecule has 0 aromatic carbocycles. The summed E-state index contributed by atoms with van der Waals surface area (Å²) >= 11 is 0. The summed E-state index contributed by atoms with van der Waals surface area (Å²) in [5.41, 5.74) is 0. The summed E-state index contributed by atoms with van der Waals surface area (Å²) < 4.78 is 16.9. The molecule has 0 saturated carbocycles. The molecule has 3 aliphatic heterocycles. The number of piperidine rings is 1. The van der Waals surface area contributed by atoms with Crippen LogP contribution in [0.4, 0.5) is 0 Å². The van der Waals surface area contributed by atoms with Crippen LogP contribution in [0, 0.1) is 0 Å². The van der Waals surface area contributed by atoms with E-state index in [1.54, 1.807) is 0 Å². The quantitative estimate of drug-likeness (QED) is 0.370. The molecule has 3 heterocycles. The van der Waals surface area contributed by atoms with Crippen LogP contribution in [0.2, 0.25) is 0 Å². The summed E-state index contributed by atoms with van der Waals surface area (Å²) in [6.45, 7) is 11.4. The lowest BCUT2D eigenvalue weighted by atomic mass is 10.0. The van der Waals surface area contributed by atoms with E-state index in [-0.39, 0.29) is 12.1 Å². The monoisotopic (exact) mass is 426 g/mol. The summed E-state index contributed by atoms with van der Waals surface area (Å²) in [4.78, 5) is 32.8. The SMILES string of the molecule is CCOC(=O)C(OCC)N1CCN(CC2CN(C3CCN(C)CC3)C(C=O)O2)CC1. The van der Waals surface area contributed by atoms with Gasteiger partial charge in [0.1, 0.15) is 0 Å². The Morgan fingerprint density at radius 1 is 1.10 bits per heavy atom. The number of likely N-dealkylation sites (tertiary alicyclic amines) is 1. The number of esters is 1. The number of ether oxygens (including phenoxy) is 3. The van der Waals surface area contributed by atoms with Gasteiger partial charge in [-0.05, 0) is 46.8 Å². The van der Waals surface area contributed by atoms with Crippen molar-refractivity contribution in [3.63, 3.8) is 0 Å². The van der Waals surface area contributed by atoms with Gasteiger partial charge in [0.15, 0.2) is 12.5 Å². The molecule has 3 atom stereocenters. The van der Waals surface area contributed by atoms with E-state index in [1.165, 1.54) is 0 Å². The van der Waals surface area contributed by atoms with E-state index in [0.717, 1.165) is 71.5 Å². The minimum Gasteiger partial charge on any atom is -0.463 e. The molecule has 3 aliphatic rings. The van der Waals surface area contributed by atoms with E-state index in [2.05, 4.69) is 21.7 Å². The topological polar surface area (TPSA) is 74.8 Å². The second kappa shape index (κ2) is 11.5. The van der Waals surface area contributed by atoms with Gasteiger partial charge in [-0.1, -0.05) is 0 Å². The first-order valence-corrected chi connectivity index (χ1v) is 11.3. The summed E-state index contributed by atoms with van der Waals surface area (Å²) in [5, 5.41) is 0. The maximum atomic E-state index is 12.2. The minimum atomic E-state index is -0.626.